The fourth-order valence-corrected chi connectivity index (χ4v) is 2.68. The highest BCUT2D eigenvalue weighted by Crippen LogP contribution is 2.40. The molecule has 0 aliphatic heterocycles. The minimum atomic E-state index is -4.51. The van der Waals surface area contributed by atoms with Crippen LogP contribution in [-0.2, 0) is 6.18 Å². The van der Waals surface area contributed by atoms with Gasteiger partial charge in [0.05, 0.1) is 20.6 Å². The zero-order valence-corrected chi connectivity index (χ0v) is 12.6. The lowest BCUT2D eigenvalue weighted by Crippen LogP contribution is -2.05. The molecule has 0 fully saturated rings. The summed E-state index contributed by atoms with van der Waals surface area (Å²) in [6, 6.07) is 6.29. The third-order valence-electron chi connectivity index (χ3n) is 2.58. The van der Waals surface area contributed by atoms with Gasteiger partial charge in [-0.05, 0) is 29.8 Å². The lowest BCUT2D eigenvalue weighted by molar-refractivity contribution is -0.137. The molecule has 0 spiro atoms. The van der Waals surface area contributed by atoms with E-state index in [1.807, 2.05) is 0 Å². The highest BCUT2D eigenvalue weighted by molar-refractivity contribution is 6.45. The Morgan fingerprint density at radius 1 is 0.800 bits per heavy atom. The number of benzene rings is 2. The van der Waals surface area contributed by atoms with E-state index < -0.39 is 16.8 Å². The van der Waals surface area contributed by atoms with E-state index in [2.05, 4.69) is 0 Å². The number of hydrogen-bond donors (Lipinski definition) is 0. The van der Waals surface area contributed by atoms with Crippen LogP contribution in [0, 0.1) is 0 Å². The minimum absolute atomic E-state index is 0.201. The van der Waals surface area contributed by atoms with Crippen LogP contribution >= 0.6 is 46.4 Å². The molecule has 0 nitrogen and oxygen atoms in total. The van der Waals surface area contributed by atoms with E-state index in [4.69, 9.17) is 46.4 Å². The van der Waals surface area contributed by atoms with Gasteiger partial charge in [0, 0.05) is 10.6 Å². The Morgan fingerprint density at radius 3 is 2.00 bits per heavy atom. The molecule has 0 aliphatic carbocycles. The fourth-order valence-electron chi connectivity index (χ4n) is 1.68. The molecule has 2 aromatic carbocycles. The van der Waals surface area contributed by atoms with Crippen LogP contribution in [0.4, 0.5) is 13.2 Å². The Hall–Kier alpha value is -0.610. The molecule has 7 heteroatoms. The third-order valence-corrected chi connectivity index (χ3v) is 3.91. The average Bonchev–Trinajstić information content (AvgIpc) is 2.32. The predicted molar refractivity (Wildman–Crippen MR) is 76.9 cm³/mol. The zero-order valence-electron chi connectivity index (χ0n) is 9.53. The largest absolute Gasteiger partial charge is 0.417 e. The maximum atomic E-state index is 12.6. The van der Waals surface area contributed by atoms with Gasteiger partial charge in [0.1, 0.15) is 0 Å². The maximum Gasteiger partial charge on any atom is 0.417 e. The summed E-state index contributed by atoms with van der Waals surface area (Å²) in [5.41, 5.74) is -0.0932. The van der Waals surface area contributed by atoms with Crippen molar-refractivity contribution in [2.24, 2.45) is 0 Å². The molecule has 0 bridgehead atoms. The first kappa shape index (κ1) is 15.8. The van der Waals surface area contributed by atoms with Crippen molar-refractivity contribution in [2.45, 2.75) is 6.18 Å². The van der Waals surface area contributed by atoms with Crippen LogP contribution in [0.15, 0.2) is 30.3 Å². The smallest absolute Gasteiger partial charge is 0.166 e. The van der Waals surface area contributed by atoms with E-state index >= 15 is 0 Å². The van der Waals surface area contributed by atoms with Crippen molar-refractivity contribution >= 4 is 46.4 Å². The summed E-state index contributed by atoms with van der Waals surface area (Å²) in [5, 5.41) is 0.324. The van der Waals surface area contributed by atoms with E-state index in [1.54, 1.807) is 0 Å². The summed E-state index contributed by atoms with van der Waals surface area (Å²) in [5.74, 6) is 0. The quantitative estimate of drug-likeness (QED) is 0.481. The molecule has 2 rings (SSSR count). The van der Waals surface area contributed by atoms with Gasteiger partial charge in [-0.3, -0.25) is 0 Å². The first-order valence-electron chi connectivity index (χ1n) is 5.22. The van der Waals surface area contributed by atoms with Crippen LogP contribution in [-0.4, -0.2) is 0 Å². The molecule has 0 aromatic heterocycles. The zero-order chi connectivity index (χ0) is 15.1. The van der Waals surface area contributed by atoms with Crippen LogP contribution < -0.4 is 0 Å². The molecule has 0 unspecified atom stereocenters. The molecule has 0 saturated heterocycles. The number of halogens is 7. The summed E-state index contributed by atoms with van der Waals surface area (Å²) in [4.78, 5) is 0. The molecule has 0 atom stereocenters. The van der Waals surface area contributed by atoms with Gasteiger partial charge in [-0.2, -0.15) is 13.2 Å². The predicted octanol–water partition coefficient (Wildman–Crippen LogP) is 6.99. The molecular formula is C13H5Cl4F3. The van der Waals surface area contributed by atoms with Gasteiger partial charge in [-0.1, -0.05) is 52.5 Å². The van der Waals surface area contributed by atoms with E-state index in [-0.39, 0.29) is 10.0 Å². The molecule has 0 N–H and O–H groups in total. The van der Waals surface area contributed by atoms with Crippen molar-refractivity contribution in [2.75, 3.05) is 0 Å². The van der Waals surface area contributed by atoms with E-state index in [0.29, 0.717) is 16.1 Å². The Balaban J connectivity index is 2.58. The van der Waals surface area contributed by atoms with Crippen molar-refractivity contribution < 1.29 is 13.2 Å². The standard InChI is InChI=1S/C13H5Cl4F3/c14-7-4-8(12(17)11(16)5-7)6-1-2-9(10(15)3-6)13(18,19)20/h1-5H. The molecular weight excluding hydrogens is 355 g/mol. The second-order valence-corrected chi connectivity index (χ2v) is 5.57. The van der Waals surface area contributed by atoms with Crippen LogP contribution in [0.5, 0.6) is 0 Å². The minimum Gasteiger partial charge on any atom is -0.166 e. The Bertz CT molecular complexity index is 665. The number of alkyl halides is 3. The molecule has 2 aromatic rings. The van der Waals surface area contributed by atoms with Gasteiger partial charge in [0.15, 0.2) is 0 Å². The van der Waals surface area contributed by atoms with E-state index in [0.717, 1.165) is 6.07 Å². The monoisotopic (exact) mass is 358 g/mol. The van der Waals surface area contributed by atoms with Crippen LogP contribution in [0.2, 0.25) is 20.1 Å². The highest BCUT2D eigenvalue weighted by atomic mass is 35.5. The summed E-state index contributed by atoms with van der Waals surface area (Å²) in [7, 11) is 0. The maximum absolute atomic E-state index is 12.6. The third kappa shape index (κ3) is 3.17. The number of hydrogen-bond acceptors (Lipinski definition) is 0. The van der Waals surface area contributed by atoms with Crippen molar-refractivity contribution in [3.63, 3.8) is 0 Å². The molecule has 20 heavy (non-hydrogen) atoms. The van der Waals surface area contributed by atoms with E-state index in [1.165, 1.54) is 24.3 Å². The summed E-state index contributed by atoms with van der Waals surface area (Å²) in [6.45, 7) is 0. The summed E-state index contributed by atoms with van der Waals surface area (Å²) in [6.07, 6.45) is -4.51. The highest BCUT2D eigenvalue weighted by Gasteiger charge is 2.33. The van der Waals surface area contributed by atoms with Gasteiger partial charge in [-0.15, -0.1) is 0 Å². The second kappa shape index (κ2) is 5.64. The van der Waals surface area contributed by atoms with Crippen molar-refractivity contribution in [1.82, 2.24) is 0 Å². The van der Waals surface area contributed by atoms with Crippen LogP contribution in [0.1, 0.15) is 5.56 Å². The summed E-state index contributed by atoms with van der Waals surface area (Å²) >= 11 is 23.4. The van der Waals surface area contributed by atoms with Crippen LogP contribution in [0.3, 0.4) is 0 Å². The Morgan fingerprint density at radius 2 is 1.45 bits per heavy atom. The summed E-state index contributed by atoms with van der Waals surface area (Å²) < 4.78 is 37.9. The topological polar surface area (TPSA) is 0 Å². The van der Waals surface area contributed by atoms with Crippen LogP contribution in [0.25, 0.3) is 11.1 Å². The second-order valence-electron chi connectivity index (χ2n) is 3.94. The van der Waals surface area contributed by atoms with Crippen molar-refractivity contribution in [1.29, 1.82) is 0 Å². The first-order valence-corrected chi connectivity index (χ1v) is 6.73. The molecule has 106 valence electrons. The molecule has 0 heterocycles. The normalized spacial score (nSPS) is 11.8. The van der Waals surface area contributed by atoms with Gasteiger partial charge < -0.3 is 0 Å². The molecule has 0 amide bonds. The number of rotatable bonds is 1. The molecule has 0 saturated carbocycles. The van der Waals surface area contributed by atoms with Gasteiger partial charge in [0.2, 0.25) is 0 Å². The molecule has 0 radical (unpaired) electrons. The molecule has 0 aliphatic rings. The average molecular weight is 360 g/mol. The fraction of sp³-hybridized carbons (Fsp3) is 0.0769. The lowest BCUT2D eigenvalue weighted by Gasteiger charge is -2.12. The SMILES string of the molecule is FC(F)(F)c1ccc(-c2cc(Cl)cc(Cl)c2Cl)cc1Cl. The first-order chi connectivity index (χ1) is 9.20. The van der Waals surface area contributed by atoms with Crippen molar-refractivity contribution in [3.8, 4) is 11.1 Å². The van der Waals surface area contributed by atoms with Gasteiger partial charge in [0.25, 0.3) is 0 Å². The Labute approximate surface area is 133 Å². The van der Waals surface area contributed by atoms with Gasteiger partial charge >= 0.3 is 6.18 Å². The lowest BCUT2D eigenvalue weighted by atomic mass is 10.0. The van der Waals surface area contributed by atoms with Gasteiger partial charge in [-0.25, -0.2) is 0 Å². The van der Waals surface area contributed by atoms with E-state index in [9.17, 15) is 13.2 Å². The van der Waals surface area contributed by atoms with Crippen molar-refractivity contribution in [3.05, 3.63) is 56.0 Å². The Kier molecular flexibility index (Phi) is 4.45.